The van der Waals surface area contributed by atoms with Crippen LogP contribution in [0, 0.1) is 0 Å². The van der Waals surface area contributed by atoms with Crippen molar-refractivity contribution in [2.75, 3.05) is 18.2 Å². The summed E-state index contributed by atoms with van der Waals surface area (Å²) in [4.78, 5) is 27.2. The van der Waals surface area contributed by atoms with Crippen LogP contribution in [0.4, 0.5) is 0 Å². The molecule has 1 unspecified atom stereocenters. The second-order valence-electron chi connectivity index (χ2n) is 7.02. The predicted molar refractivity (Wildman–Crippen MR) is 104 cm³/mol. The molecule has 1 heterocycles. The van der Waals surface area contributed by atoms with Crippen LogP contribution in [0.5, 0.6) is 0 Å². The number of hydrogen-bond acceptors (Lipinski definition) is 3. The van der Waals surface area contributed by atoms with E-state index in [-0.39, 0.29) is 23.3 Å². The fraction of sp³-hybridized carbons (Fsp3) is 0.333. The number of rotatable bonds is 5. The van der Waals surface area contributed by atoms with Crippen LogP contribution in [0.1, 0.15) is 28.8 Å². The van der Waals surface area contributed by atoms with Crippen molar-refractivity contribution in [1.82, 2.24) is 10.2 Å². The van der Waals surface area contributed by atoms with Crippen molar-refractivity contribution in [3.63, 3.8) is 0 Å². The first-order chi connectivity index (χ1) is 12.7. The Kier molecular flexibility index (Phi) is 4.72. The molecule has 2 aromatic carbocycles. The van der Waals surface area contributed by atoms with Gasteiger partial charge in [-0.15, -0.1) is 11.8 Å². The van der Waals surface area contributed by atoms with E-state index in [9.17, 15) is 9.59 Å². The largest absolute Gasteiger partial charge is 0.353 e. The van der Waals surface area contributed by atoms with E-state index in [1.54, 1.807) is 28.8 Å². The quantitative estimate of drug-likeness (QED) is 0.885. The molecule has 0 bridgehead atoms. The molecule has 0 aromatic heterocycles. The maximum Gasteiger partial charge on any atom is 0.255 e. The van der Waals surface area contributed by atoms with Crippen LogP contribution in [-0.4, -0.2) is 40.9 Å². The van der Waals surface area contributed by atoms with Crippen molar-refractivity contribution in [1.29, 1.82) is 0 Å². The summed E-state index contributed by atoms with van der Waals surface area (Å²) in [5.41, 5.74) is 2.01. The molecule has 2 amide bonds. The highest BCUT2D eigenvalue weighted by molar-refractivity contribution is 7.99. The van der Waals surface area contributed by atoms with E-state index in [0.717, 1.165) is 12.8 Å². The number of thioether (sulfide) groups is 1. The number of carbonyl (C=O) groups is 2. The zero-order valence-corrected chi connectivity index (χ0v) is 15.4. The molecule has 26 heavy (non-hydrogen) atoms. The molecule has 4 nitrogen and oxygen atoms in total. The van der Waals surface area contributed by atoms with Gasteiger partial charge in [0, 0.05) is 23.3 Å². The lowest BCUT2D eigenvalue weighted by Crippen LogP contribution is -2.48. The van der Waals surface area contributed by atoms with E-state index >= 15 is 0 Å². The third-order valence-electron chi connectivity index (χ3n) is 5.31. The first kappa shape index (κ1) is 17.2. The van der Waals surface area contributed by atoms with Crippen LogP contribution in [0.25, 0.3) is 0 Å². The van der Waals surface area contributed by atoms with Gasteiger partial charge in [0.1, 0.15) is 6.04 Å². The molecule has 1 N–H and O–H groups in total. The molecule has 0 spiro atoms. The third-order valence-corrected chi connectivity index (χ3v) is 6.32. The fourth-order valence-electron chi connectivity index (χ4n) is 3.49. The van der Waals surface area contributed by atoms with Crippen LogP contribution in [0.15, 0.2) is 60.7 Å². The summed E-state index contributed by atoms with van der Waals surface area (Å²) in [6.45, 7) is 0.643. The van der Waals surface area contributed by atoms with E-state index in [4.69, 9.17) is 0 Å². The Hall–Kier alpha value is -2.27. The Morgan fingerprint density at radius 3 is 2.35 bits per heavy atom. The maximum absolute atomic E-state index is 12.8. The van der Waals surface area contributed by atoms with Crippen molar-refractivity contribution < 1.29 is 9.59 Å². The molecule has 1 atom stereocenters. The van der Waals surface area contributed by atoms with Gasteiger partial charge in [0.05, 0.1) is 5.88 Å². The summed E-state index contributed by atoms with van der Waals surface area (Å²) in [6, 6.07) is 19.2. The standard InChI is InChI=1S/C21H22N2O2S/c24-19(22-14-21(11-12-21)17-9-5-2-6-10-17)18-13-26-15-23(18)20(25)16-7-3-1-4-8-16/h1-10,18H,11-15H2,(H,22,24). The zero-order valence-electron chi connectivity index (χ0n) is 14.6. The minimum atomic E-state index is -0.390. The monoisotopic (exact) mass is 366 g/mol. The van der Waals surface area contributed by atoms with Gasteiger partial charge in [-0.05, 0) is 30.5 Å². The molecular formula is C21H22N2O2S. The third kappa shape index (κ3) is 3.36. The molecule has 134 valence electrons. The predicted octanol–water partition coefficient (Wildman–Crippen LogP) is 3.05. The minimum absolute atomic E-state index is 0.0403. The molecule has 1 saturated carbocycles. The number of nitrogens with one attached hydrogen (secondary N) is 1. The summed E-state index contributed by atoms with van der Waals surface area (Å²) >= 11 is 1.63. The summed E-state index contributed by atoms with van der Waals surface area (Å²) < 4.78 is 0. The van der Waals surface area contributed by atoms with Gasteiger partial charge in [-0.2, -0.15) is 0 Å². The molecule has 4 rings (SSSR count). The van der Waals surface area contributed by atoms with Crippen molar-refractivity contribution in [3.05, 3.63) is 71.8 Å². The molecule has 1 aliphatic heterocycles. The number of carbonyl (C=O) groups excluding carboxylic acids is 2. The highest BCUT2D eigenvalue weighted by Crippen LogP contribution is 2.47. The summed E-state index contributed by atoms with van der Waals surface area (Å²) in [5.74, 6) is 1.11. The van der Waals surface area contributed by atoms with Crippen LogP contribution in [-0.2, 0) is 10.2 Å². The number of benzene rings is 2. The Morgan fingerprint density at radius 1 is 1.04 bits per heavy atom. The van der Waals surface area contributed by atoms with Gasteiger partial charge >= 0.3 is 0 Å². The Labute approximate surface area is 158 Å². The molecule has 1 aliphatic carbocycles. The van der Waals surface area contributed by atoms with Gasteiger partial charge in [0.25, 0.3) is 5.91 Å². The molecule has 2 aliphatic rings. The first-order valence-electron chi connectivity index (χ1n) is 8.97. The average molecular weight is 366 g/mol. The van der Waals surface area contributed by atoms with E-state index in [0.29, 0.717) is 23.7 Å². The van der Waals surface area contributed by atoms with Gasteiger partial charge < -0.3 is 10.2 Å². The van der Waals surface area contributed by atoms with Gasteiger partial charge in [-0.1, -0.05) is 48.5 Å². The van der Waals surface area contributed by atoms with E-state index in [1.165, 1.54) is 5.56 Å². The van der Waals surface area contributed by atoms with Gasteiger partial charge in [0.15, 0.2) is 0 Å². The molecule has 2 aromatic rings. The lowest BCUT2D eigenvalue weighted by molar-refractivity contribution is -0.124. The molecule has 1 saturated heterocycles. The molecule has 5 heteroatoms. The van der Waals surface area contributed by atoms with Crippen LogP contribution < -0.4 is 5.32 Å². The van der Waals surface area contributed by atoms with Crippen molar-refractivity contribution in [2.24, 2.45) is 0 Å². The number of amides is 2. The smallest absolute Gasteiger partial charge is 0.255 e. The zero-order chi connectivity index (χ0) is 18.0. The van der Waals surface area contributed by atoms with Gasteiger partial charge in [0.2, 0.25) is 5.91 Å². The SMILES string of the molecule is O=C(NCC1(c2ccccc2)CC1)C1CSCN1C(=O)c1ccccc1. The van der Waals surface area contributed by atoms with E-state index in [2.05, 4.69) is 17.4 Å². The normalized spacial score (nSPS) is 20.6. The maximum atomic E-state index is 12.8. The highest BCUT2D eigenvalue weighted by Gasteiger charge is 2.45. The van der Waals surface area contributed by atoms with Crippen molar-refractivity contribution in [2.45, 2.75) is 24.3 Å². The second kappa shape index (κ2) is 7.16. The van der Waals surface area contributed by atoms with Crippen molar-refractivity contribution >= 4 is 23.6 Å². The fourth-order valence-corrected chi connectivity index (χ4v) is 4.64. The highest BCUT2D eigenvalue weighted by atomic mass is 32.2. The molecule has 2 fully saturated rings. The summed E-state index contributed by atoms with van der Waals surface area (Å²) in [7, 11) is 0. The minimum Gasteiger partial charge on any atom is -0.353 e. The van der Waals surface area contributed by atoms with Crippen LogP contribution in [0.3, 0.4) is 0 Å². The van der Waals surface area contributed by atoms with Crippen molar-refractivity contribution in [3.8, 4) is 0 Å². The topological polar surface area (TPSA) is 49.4 Å². The Morgan fingerprint density at radius 2 is 1.69 bits per heavy atom. The molecular weight excluding hydrogens is 344 g/mol. The van der Waals surface area contributed by atoms with E-state index < -0.39 is 0 Å². The summed E-state index contributed by atoms with van der Waals surface area (Å²) in [5, 5.41) is 3.12. The lowest BCUT2D eigenvalue weighted by Gasteiger charge is -2.24. The van der Waals surface area contributed by atoms with Crippen LogP contribution >= 0.6 is 11.8 Å². The second-order valence-corrected chi connectivity index (χ2v) is 8.02. The number of hydrogen-bond donors (Lipinski definition) is 1. The van der Waals surface area contributed by atoms with Gasteiger partial charge in [-0.25, -0.2) is 0 Å². The first-order valence-corrected chi connectivity index (χ1v) is 10.1. The Bertz CT molecular complexity index is 790. The van der Waals surface area contributed by atoms with Gasteiger partial charge in [-0.3, -0.25) is 9.59 Å². The average Bonchev–Trinajstić information content (AvgIpc) is 3.34. The lowest BCUT2D eigenvalue weighted by atomic mass is 9.96. The van der Waals surface area contributed by atoms with E-state index in [1.807, 2.05) is 36.4 Å². The Balaban J connectivity index is 1.41. The number of nitrogens with zero attached hydrogens (tertiary/aromatic N) is 1. The van der Waals surface area contributed by atoms with Crippen LogP contribution in [0.2, 0.25) is 0 Å². The molecule has 0 radical (unpaired) electrons. The summed E-state index contributed by atoms with van der Waals surface area (Å²) in [6.07, 6.45) is 2.20.